The van der Waals surface area contributed by atoms with Crippen molar-refractivity contribution in [2.45, 2.75) is 37.6 Å². The van der Waals surface area contributed by atoms with Crippen molar-refractivity contribution in [3.8, 4) is 0 Å². The minimum atomic E-state index is -3.41. The number of hydrogen-bond acceptors (Lipinski definition) is 3. The molecule has 0 aliphatic heterocycles. The van der Waals surface area contributed by atoms with Crippen molar-refractivity contribution in [2.24, 2.45) is 11.8 Å². The number of nitrogens with one attached hydrogen (secondary N) is 2. The average Bonchev–Trinajstić information content (AvgIpc) is 2.71. The monoisotopic (exact) mass is 282 g/mol. The lowest BCUT2D eigenvalue weighted by atomic mass is 9.97. The minimum Gasteiger partial charge on any atom is -0.381 e. The molecule has 3 unspecified atom stereocenters. The largest absolute Gasteiger partial charge is 0.381 e. The normalized spacial score (nSPS) is 27.4. The summed E-state index contributed by atoms with van der Waals surface area (Å²) in [6.45, 7) is 4.48. The summed E-state index contributed by atoms with van der Waals surface area (Å²) < 4.78 is 26.4. The van der Waals surface area contributed by atoms with Gasteiger partial charge in [0.05, 0.1) is 5.69 Å². The summed E-state index contributed by atoms with van der Waals surface area (Å²) in [4.78, 5) is 0.323. The van der Waals surface area contributed by atoms with E-state index < -0.39 is 10.0 Å². The number of hydrogen-bond donors (Lipinski definition) is 2. The molecule has 0 heterocycles. The first kappa shape index (κ1) is 14.3. The van der Waals surface area contributed by atoms with Gasteiger partial charge in [0, 0.05) is 6.04 Å². The number of rotatable bonds is 4. The van der Waals surface area contributed by atoms with Crippen molar-refractivity contribution in [1.82, 2.24) is 4.72 Å². The third-order valence-electron chi connectivity index (χ3n) is 4.25. The van der Waals surface area contributed by atoms with E-state index in [4.69, 9.17) is 0 Å². The molecular formula is C14H22N2O2S. The van der Waals surface area contributed by atoms with Crippen LogP contribution in [-0.4, -0.2) is 21.5 Å². The van der Waals surface area contributed by atoms with Crippen molar-refractivity contribution in [3.05, 3.63) is 24.3 Å². The van der Waals surface area contributed by atoms with Crippen LogP contribution in [0.2, 0.25) is 0 Å². The molecule has 106 valence electrons. The molecule has 5 heteroatoms. The molecule has 3 atom stereocenters. The Kier molecular flexibility index (Phi) is 4.16. The molecule has 0 aromatic heterocycles. The Morgan fingerprint density at radius 1 is 1.16 bits per heavy atom. The van der Waals surface area contributed by atoms with Gasteiger partial charge >= 0.3 is 0 Å². The summed E-state index contributed by atoms with van der Waals surface area (Å²) in [5, 5.41) is 3.41. The molecular weight excluding hydrogens is 260 g/mol. The Morgan fingerprint density at radius 3 is 2.42 bits per heavy atom. The molecule has 2 rings (SSSR count). The van der Waals surface area contributed by atoms with Gasteiger partial charge in [0.2, 0.25) is 10.0 Å². The summed E-state index contributed by atoms with van der Waals surface area (Å²) >= 11 is 0. The number of para-hydroxylation sites is 1. The van der Waals surface area contributed by atoms with Gasteiger partial charge in [-0.15, -0.1) is 0 Å². The fourth-order valence-corrected chi connectivity index (χ4v) is 3.59. The van der Waals surface area contributed by atoms with Gasteiger partial charge in [0.1, 0.15) is 4.90 Å². The zero-order valence-electron chi connectivity index (χ0n) is 11.7. The van der Waals surface area contributed by atoms with Crippen LogP contribution in [0, 0.1) is 11.8 Å². The Labute approximate surface area is 115 Å². The van der Waals surface area contributed by atoms with E-state index in [1.807, 2.05) is 12.1 Å². The number of anilines is 1. The van der Waals surface area contributed by atoms with E-state index in [1.54, 1.807) is 12.1 Å². The standard InChI is InChI=1S/C14H22N2O2S/c1-10-8-9-12(11(10)2)16-13-6-4-5-7-14(13)19(17,18)15-3/h4-7,10-12,15-16H,8-9H2,1-3H3. The average molecular weight is 282 g/mol. The first-order valence-corrected chi connectivity index (χ1v) is 8.23. The molecule has 1 fully saturated rings. The van der Waals surface area contributed by atoms with Crippen molar-refractivity contribution in [2.75, 3.05) is 12.4 Å². The molecule has 4 nitrogen and oxygen atoms in total. The van der Waals surface area contributed by atoms with Crippen LogP contribution in [0.1, 0.15) is 26.7 Å². The Bertz CT molecular complexity index is 542. The third-order valence-corrected chi connectivity index (χ3v) is 5.72. The molecule has 0 radical (unpaired) electrons. The van der Waals surface area contributed by atoms with Crippen molar-refractivity contribution in [1.29, 1.82) is 0 Å². The van der Waals surface area contributed by atoms with Crippen LogP contribution in [0.25, 0.3) is 0 Å². The maximum atomic E-state index is 12.0. The highest BCUT2D eigenvalue weighted by molar-refractivity contribution is 7.89. The number of benzene rings is 1. The second-order valence-electron chi connectivity index (χ2n) is 5.37. The molecule has 1 aliphatic carbocycles. The van der Waals surface area contributed by atoms with Crippen LogP contribution < -0.4 is 10.0 Å². The summed E-state index contributed by atoms with van der Waals surface area (Å²) in [5.41, 5.74) is 0.697. The van der Waals surface area contributed by atoms with Crippen molar-refractivity contribution < 1.29 is 8.42 Å². The topological polar surface area (TPSA) is 58.2 Å². The maximum Gasteiger partial charge on any atom is 0.242 e. The predicted octanol–water partition coefficient (Wildman–Crippen LogP) is 2.44. The smallest absolute Gasteiger partial charge is 0.242 e. The number of sulfonamides is 1. The van der Waals surface area contributed by atoms with E-state index in [2.05, 4.69) is 23.9 Å². The van der Waals surface area contributed by atoms with Crippen molar-refractivity contribution >= 4 is 15.7 Å². The highest BCUT2D eigenvalue weighted by Gasteiger charge is 2.30. The zero-order valence-corrected chi connectivity index (χ0v) is 12.5. The molecule has 2 N–H and O–H groups in total. The first-order valence-electron chi connectivity index (χ1n) is 6.75. The maximum absolute atomic E-state index is 12.0. The van der Waals surface area contributed by atoms with Crippen LogP contribution in [-0.2, 0) is 10.0 Å². The molecule has 0 saturated heterocycles. The second-order valence-corrected chi connectivity index (χ2v) is 7.22. The Balaban J connectivity index is 2.27. The van der Waals surface area contributed by atoms with Gasteiger partial charge in [-0.3, -0.25) is 0 Å². The fourth-order valence-electron chi connectivity index (χ4n) is 2.70. The van der Waals surface area contributed by atoms with Crippen LogP contribution in [0.3, 0.4) is 0 Å². The molecule has 1 aromatic carbocycles. The summed E-state index contributed by atoms with van der Waals surface area (Å²) in [6.07, 6.45) is 2.29. The van der Waals surface area contributed by atoms with Gasteiger partial charge in [-0.2, -0.15) is 0 Å². The summed E-state index contributed by atoms with van der Waals surface area (Å²) in [5.74, 6) is 1.25. The first-order chi connectivity index (χ1) is 8.95. The quantitative estimate of drug-likeness (QED) is 0.892. The predicted molar refractivity (Wildman–Crippen MR) is 77.7 cm³/mol. The van der Waals surface area contributed by atoms with E-state index in [-0.39, 0.29) is 0 Å². The zero-order chi connectivity index (χ0) is 14.0. The molecule has 1 aliphatic rings. The van der Waals surface area contributed by atoms with Gasteiger partial charge in [-0.1, -0.05) is 26.0 Å². The van der Waals surface area contributed by atoms with E-state index in [9.17, 15) is 8.42 Å². The van der Waals surface area contributed by atoms with Gasteiger partial charge in [-0.25, -0.2) is 13.1 Å². The lowest BCUT2D eigenvalue weighted by Crippen LogP contribution is -2.26. The fraction of sp³-hybridized carbons (Fsp3) is 0.571. The van der Waals surface area contributed by atoms with Crippen LogP contribution in [0.15, 0.2) is 29.2 Å². The third kappa shape index (κ3) is 2.92. The van der Waals surface area contributed by atoms with Crippen LogP contribution in [0.4, 0.5) is 5.69 Å². The molecule has 0 amide bonds. The van der Waals surface area contributed by atoms with Crippen LogP contribution in [0.5, 0.6) is 0 Å². The highest BCUT2D eigenvalue weighted by Crippen LogP contribution is 2.34. The Hall–Kier alpha value is -1.07. The van der Waals surface area contributed by atoms with Gasteiger partial charge in [0.15, 0.2) is 0 Å². The van der Waals surface area contributed by atoms with Crippen molar-refractivity contribution in [3.63, 3.8) is 0 Å². The molecule has 1 aromatic rings. The molecule has 19 heavy (non-hydrogen) atoms. The van der Waals surface area contributed by atoms with Crippen LogP contribution >= 0.6 is 0 Å². The molecule has 0 bridgehead atoms. The van der Waals surface area contributed by atoms with E-state index in [0.717, 1.165) is 6.42 Å². The summed E-state index contributed by atoms with van der Waals surface area (Å²) in [6, 6.07) is 7.43. The van der Waals surface area contributed by atoms with Gasteiger partial charge < -0.3 is 5.32 Å². The van der Waals surface area contributed by atoms with E-state index >= 15 is 0 Å². The second kappa shape index (κ2) is 5.51. The van der Waals surface area contributed by atoms with Gasteiger partial charge in [-0.05, 0) is 43.9 Å². The molecule has 1 saturated carbocycles. The van der Waals surface area contributed by atoms with E-state index in [0.29, 0.717) is 28.5 Å². The summed E-state index contributed by atoms with van der Waals surface area (Å²) in [7, 11) is -1.98. The minimum absolute atomic E-state index is 0.323. The lowest BCUT2D eigenvalue weighted by molar-refractivity contribution is 0.435. The van der Waals surface area contributed by atoms with Gasteiger partial charge in [0.25, 0.3) is 0 Å². The molecule has 0 spiro atoms. The Morgan fingerprint density at radius 2 is 1.84 bits per heavy atom. The highest BCUT2D eigenvalue weighted by atomic mass is 32.2. The van der Waals surface area contributed by atoms with E-state index in [1.165, 1.54) is 13.5 Å². The lowest BCUT2D eigenvalue weighted by Gasteiger charge is -2.22. The SMILES string of the molecule is CNS(=O)(=O)c1ccccc1NC1CCC(C)C1C.